The fourth-order valence-corrected chi connectivity index (χ4v) is 5.94. The van der Waals surface area contributed by atoms with Crippen molar-refractivity contribution in [2.75, 3.05) is 12.9 Å². The maximum absolute atomic E-state index is 11.6. The smallest absolute Gasteiger partial charge is 0.175 e. The summed E-state index contributed by atoms with van der Waals surface area (Å²) in [5.41, 5.74) is 1.50. The van der Waals surface area contributed by atoms with E-state index in [1.165, 1.54) is 38.4 Å². The average molecular weight is 349 g/mol. The van der Waals surface area contributed by atoms with Crippen LogP contribution in [0, 0.1) is 11.3 Å². The molecule has 1 spiro atoms. The molecule has 1 aliphatic heterocycles. The lowest BCUT2D eigenvalue weighted by Crippen LogP contribution is -2.67. The van der Waals surface area contributed by atoms with Crippen LogP contribution < -0.4 is 5.32 Å². The van der Waals surface area contributed by atoms with Crippen LogP contribution in [0.5, 0.6) is 0 Å². The topological polar surface area (TPSA) is 55.4 Å². The number of nitrogens with one attached hydrogen (secondary N) is 1. The molecule has 1 aromatic rings. The molecule has 24 heavy (non-hydrogen) atoms. The van der Waals surface area contributed by atoms with Crippen molar-refractivity contribution in [3.05, 3.63) is 29.8 Å². The molecule has 0 radical (unpaired) electrons. The molecule has 4 rings (SSSR count). The molecule has 4 atom stereocenters. The van der Waals surface area contributed by atoms with Crippen molar-refractivity contribution in [3.63, 3.8) is 0 Å². The summed E-state index contributed by atoms with van der Waals surface area (Å²) >= 11 is 0. The highest BCUT2D eigenvalue weighted by Gasteiger charge is 2.64. The molecule has 0 aromatic heterocycles. The first-order valence-corrected chi connectivity index (χ1v) is 11.0. The highest BCUT2D eigenvalue weighted by Crippen LogP contribution is 2.61. The SMILES string of the molecule is C[C@H](N[C@@H]1[C@@H]2CCO[C@H]2C12CCCC2)c1ccc(S(C)(=O)=O)cc1. The zero-order valence-corrected chi connectivity index (χ0v) is 15.3. The fraction of sp³-hybridized carbons (Fsp3) is 0.684. The number of rotatable bonds is 4. The minimum atomic E-state index is -3.13. The summed E-state index contributed by atoms with van der Waals surface area (Å²) in [5.74, 6) is 0.654. The number of ether oxygens (including phenoxy) is 1. The molecule has 132 valence electrons. The van der Waals surface area contributed by atoms with Gasteiger partial charge in [0.05, 0.1) is 11.0 Å². The molecule has 1 heterocycles. The van der Waals surface area contributed by atoms with Crippen molar-refractivity contribution in [1.82, 2.24) is 5.32 Å². The Hall–Kier alpha value is -0.910. The van der Waals surface area contributed by atoms with Gasteiger partial charge in [-0.15, -0.1) is 0 Å². The number of fused-ring (bicyclic) bond motifs is 2. The Morgan fingerprint density at radius 1 is 1.21 bits per heavy atom. The Morgan fingerprint density at radius 2 is 1.88 bits per heavy atom. The van der Waals surface area contributed by atoms with Crippen LogP contribution in [-0.4, -0.2) is 33.4 Å². The van der Waals surface area contributed by atoms with Gasteiger partial charge in [-0.1, -0.05) is 25.0 Å². The fourth-order valence-electron chi connectivity index (χ4n) is 5.31. The third kappa shape index (κ3) is 2.52. The van der Waals surface area contributed by atoms with Gasteiger partial charge in [0, 0.05) is 36.3 Å². The van der Waals surface area contributed by atoms with E-state index >= 15 is 0 Å². The van der Waals surface area contributed by atoms with Crippen LogP contribution in [-0.2, 0) is 14.6 Å². The van der Waals surface area contributed by atoms with E-state index in [9.17, 15) is 8.42 Å². The van der Waals surface area contributed by atoms with Gasteiger partial charge in [-0.05, 0) is 43.9 Å². The Balaban J connectivity index is 1.50. The summed E-state index contributed by atoms with van der Waals surface area (Å²) in [6.07, 6.45) is 8.10. The van der Waals surface area contributed by atoms with Crippen molar-refractivity contribution in [3.8, 4) is 0 Å². The molecule has 4 nitrogen and oxygen atoms in total. The predicted molar refractivity (Wildman–Crippen MR) is 93.6 cm³/mol. The van der Waals surface area contributed by atoms with Crippen LogP contribution in [0.15, 0.2) is 29.2 Å². The molecule has 2 aliphatic carbocycles. The first-order chi connectivity index (χ1) is 11.4. The third-order valence-electron chi connectivity index (χ3n) is 6.52. The molecule has 3 aliphatic rings. The summed E-state index contributed by atoms with van der Waals surface area (Å²) in [7, 11) is -3.13. The Bertz CT molecular complexity index is 707. The maximum atomic E-state index is 11.6. The zero-order valence-electron chi connectivity index (χ0n) is 14.5. The lowest BCUT2D eigenvalue weighted by Gasteiger charge is -2.57. The lowest BCUT2D eigenvalue weighted by molar-refractivity contribution is -0.132. The van der Waals surface area contributed by atoms with Crippen LogP contribution in [0.4, 0.5) is 0 Å². The number of hydrogen-bond donors (Lipinski definition) is 1. The number of benzene rings is 1. The monoisotopic (exact) mass is 349 g/mol. The van der Waals surface area contributed by atoms with Gasteiger partial charge >= 0.3 is 0 Å². The molecule has 5 heteroatoms. The normalized spacial score (nSPS) is 32.5. The first kappa shape index (κ1) is 16.6. The molecule has 1 saturated heterocycles. The standard InChI is InChI=1S/C19H27NO3S/c1-13(14-5-7-15(8-6-14)24(2,21)22)20-17-16-9-12-23-18(16)19(17)10-3-4-11-19/h5-8,13,16-18,20H,3-4,9-12H2,1-2H3/t13-,16-,17+,18+/m0/s1. The largest absolute Gasteiger partial charge is 0.377 e. The number of hydrogen-bond acceptors (Lipinski definition) is 4. The van der Waals surface area contributed by atoms with Crippen molar-refractivity contribution < 1.29 is 13.2 Å². The van der Waals surface area contributed by atoms with Gasteiger partial charge in [-0.25, -0.2) is 8.42 Å². The molecule has 2 saturated carbocycles. The molecule has 0 unspecified atom stereocenters. The molecule has 3 fully saturated rings. The van der Waals surface area contributed by atoms with E-state index in [2.05, 4.69) is 12.2 Å². The maximum Gasteiger partial charge on any atom is 0.175 e. The molecule has 1 aromatic carbocycles. The Kier molecular flexibility index (Phi) is 4.01. The zero-order chi connectivity index (χ0) is 16.9. The van der Waals surface area contributed by atoms with Crippen LogP contribution in [0.25, 0.3) is 0 Å². The van der Waals surface area contributed by atoms with Gasteiger partial charge in [0.2, 0.25) is 0 Å². The summed E-state index contributed by atoms with van der Waals surface area (Å²) in [4.78, 5) is 0.388. The van der Waals surface area contributed by atoms with Gasteiger partial charge in [0.1, 0.15) is 0 Å². The highest BCUT2D eigenvalue weighted by molar-refractivity contribution is 7.90. The second-order valence-corrected chi connectivity index (χ2v) is 9.91. The molecule has 1 N–H and O–H groups in total. The van der Waals surface area contributed by atoms with Crippen molar-refractivity contribution in [1.29, 1.82) is 0 Å². The van der Waals surface area contributed by atoms with E-state index in [-0.39, 0.29) is 6.04 Å². The van der Waals surface area contributed by atoms with Crippen LogP contribution >= 0.6 is 0 Å². The van der Waals surface area contributed by atoms with E-state index in [1.54, 1.807) is 12.1 Å². The van der Waals surface area contributed by atoms with E-state index in [4.69, 9.17) is 4.74 Å². The summed E-state index contributed by atoms with van der Waals surface area (Å²) in [6.45, 7) is 3.09. The summed E-state index contributed by atoms with van der Waals surface area (Å²) < 4.78 is 29.3. The van der Waals surface area contributed by atoms with Gasteiger partial charge in [-0.3, -0.25) is 0 Å². The molecule has 0 bridgehead atoms. The van der Waals surface area contributed by atoms with Gasteiger partial charge in [0.15, 0.2) is 9.84 Å². The van der Waals surface area contributed by atoms with Crippen LogP contribution in [0.1, 0.15) is 50.6 Å². The summed E-state index contributed by atoms with van der Waals surface area (Å²) in [6, 6.07) is 8.08. The molecular weight excluding hydrogens is 322 g/mol. The minimum absolute atomic E-state index is 0.225. The van der Waals surface area contributed by atoms with E-state index in [1.807, 2.05) is 12.1 Å². The second-order valence-electron chi connectivity index (χ2n) is 7.89. The van der Waals surface area contributed by atoms with Gasteiger partial charge in [-0.2, -0.15) is 0 Å². The van der Waals surface area contributed by atoms with E-state index in [0.29, 0.717) is 28.4 Å². The van der Waals surface area contributed by atoms with E-state index in [0.717, 1.165) is 12.2 Å². The Labute approximate surface area is 144 Å². The lowest BCUT2D eigenvalue weighted by atomic mass is 9.54. The van der Waals surface area contributed by atoms with Crippen molar-refractivity contribution in [2.45, 2.75) is 62.1 Å². The quantitative estimate of drug-likeness (QED) is 0.907. The van der Waals surface area contributed by atoms with Gasteiger partial charge < -0.3 is 10.1 Å². The van der Waals surface area contributed by atoms with Crippen LogP contribution in [0.3, 0.4) is 0 Å². The average Bonchev–Trinajstić information content (AvgIpc) is 3.20. The molecular formula is C19H27NO3S. The predicted octanol–water partition coefficient (Wildman–Crippen LogP) is 3.09. The molecule has 0 amide bonds. The van der Waals surface area contributed by atoms with Gasteiger partial charge in [0.25, 0.3) is 0 Å². The van der Waals surface area contributed by atoms with Crippen molar-refractivity contribution >= 4 is 9.84 Å². The first-order valence-electron chi connectivity index (χ1n) is 9.09. The Morgan fingerprint density at radius 3 is 2.50 bits per heavy atom. The minimum Gasteiger partial charge on any atom is -0.377 e. The summed E-state index contributed by atoms with van der Waals surface area (Å²) in [5, 5.41) is 3.87. The number of sulfone groups is 1. The highest BCUT2D eigenvalue weighted by atomic mass is 32.2. The van der Waals surface area contributed by atoms with E-state index < -0.39 is 9.84 Å². The van der Waals surface area contributed by atoms with Crippen LogP contribution in [0.2, 0.25) is 0 Å². The third-order valence-corrected chi connectivity index (χ3v) is 7.65. The van der Waals surface area contributed by atoms with Crippen molar-refractivity contribution in [2.24, 2.45) is 11.3 Å². The second kappa shape index (κ2) is 5.82.